The second-order valence-corrected chi connectivity index (χ2v) is 4.79. The van der Waals surface area contributed by atoms with Gasteiger partial charge in [-0.1, -0.05) is 29.8 Å². The summed E-state index contributed by atoms with van der Waals surface area (Å²) >= 11 is 6.19. The zero-order valence-corrected chi connectivity index (χ0v) is 11.6. The van der Waals surface area contributed by atoms with Crippen LogP contribution in [0, 0.1) is 6.92 Å². The number of fused-ring (bicyclic) bond motifs is 1. The summed E-state index contributed by atoms with van der Waals surface area (Å²) < 4.78 is 5.33. The molecule has 3 aromatic rings. The van der Waals surface area contributed by atoms with Crippen LogP contribution in [-0.4, -0.2) is 11.6 Å². The molecule has 1 aromatic heterocycles. The maximum absolute atomic E-state index is 6.19. The van der Waals surface area contributed by atoms with Crippen LogP contribution in [-0.2, 0) is 0 Å². The largest absolute Gasteiger partial charge is 0.494 e. The Balaban J connectivity index is 2.03. The van der Waals surface area contributed by atoms with E-state index in [1.165, 1.54) is 0 Å². The van der Waals surface area contributed by atoms with Gasteiger partial charge in [-0.15, -0.1) is 0 Å². The van der Waals surface area contributed by atoms with Crippen molar-refractivity contribution < 1.29 is 4.74 Å². The number of rotatable bonds is 3. The minimum absolute atomic E-state index is 0.420. The highest BCUT2D eigenvalue weighted by molar-refractivity contribution is 6.35. The lowest BCUT2D eigenvalue weighted by Gasteiger charge is -2.06. The Morgan fingerprint density at radius 1 is 1.00 bits per heavy atom. The van der Waals surface area contributed by atoms with Gasteiger partial charge in [0, 0.05) is 10.9 Å². The summed E-state index contributed by atoms with van der Waals surface area (Å²) in [6.07, 6.45) is 0. The van der Waals surface area contributed by atoms with Crippen LogP contribution in [0.15, 0.2) is 54.6 Å². The van der Waals surface area contributed by atoms with Gasteiger partial charge in [-0.3, -0.25) is 0 Å². The lowest BCUT2D eigenvalue weighted by atomic mass is 10.1. The molecule has 0 spiro atoms. The Hall–Kier alpha value is -2.06. The van der Waals surface area contributed by atoms with Gasteiger partial charge in [0.1, 0.15) is 5.75 Å². The summed E-state index contributed by atoms with van der Waals surface area (Å²) in [4.78, 5) is 4.64. The topological polar surface area (TPSA) is 22.1 Å². The average Bonchev–Trinajstić information content (AvgIpc) is 2.49. The van der Waals surface area contributed by atoms with E-state index in [-0.39, 0.29) is 0 Å². The van der Waals surface area contributed by atoms with E-state index in [0.29, 0.717) is 11.6 Å². The number of halogens is 1. The van der Waals surface area contributed by atoms with Gasteiger partial charge in [-0.05, 0) is 43.3 Å². The standard InChI is InChI=1S/C17H13ClNO/c1-2-20-14-9-6-12(7-10-14)16-11-8-13-4-3-5-15(18)17(13)19-16/h3-11H,1-2H2. The van der Waals surface area contributed by atoms with Crippen LogP contribution < -0.4 is 4.74 Å². The molecule has 2 aromatic carbocycles. The minimum Gasteiger partial charge on any atom is -0.494 e. The highest BCUT2D eigenvalue weighted by Crippen LogP contribution is 2.26. The number of nitrogens with zero attached hydrogens (tertiary/aromatic N) is 1. The van der Waals surface area contributed by atoms with Gasteiger partial charge in [0.25, 0.3) is 0 Å². The van der Waals surface area contributed by atoms with E-state index in [0.717, 1.165) is 27.9 Å². The van der Waals surface area contributed by atoms with Crippen molar-refractivity contribution in [1.29, 1.82) is 0 Å². The molecule has 0 atom stereocenters. The van der Waals surface area contributed by atoms with Gasteiger partial charge in [0.15, 0.2) is 0 Å². The summed E-state index contributed by atoms with van der Waals surface area (Å²) in [5.74, 6) is 0.808. The zero-order chi connectivity index (χ0) is 13.9. The van der Waals surface area contributed by atoms with Crippen LogP contribution in [0.2, 0.25) is 5.02 Å². The fraction of sp³-hybridized carbons (Fsp3) is 0.0588. The molecule has 1 heterocycles. The molecule has 0 aliphatic rings. The average molecular weight is 283 g/mol. The van der Waals surface area contributed by atoms with E-state index in [1.54, 1.807) is 0 Å². The van der Waals surface area contributed by atoms with Gasteiger partial charge < -0.3 is 4.74 Å². The van der Waals surface area contributed by atoms with Crippen LogP contribution >= 0.6 is 11.6 Å². The molecule has 3 heteroatoms. The van der Waals surface area contributed by atoms with Gasteiger partial charge in [0.05, 0.1) is 22.8 Å². The Morgan fingerprint density at radius 3 is 2.55 bits per heavy atom. The lowest BCUT2D eigenvalue weighted by Crippen LogP contribution is -1.91. The van der Waals surface area contributed by atoms with E-state index in [1.807, 2.05) is 54.6 Å². The highest BCUT2D eigenvalue weighted by atomic mass is 35.5. The Kier molecular flexibility index (Phi) is 3.57. The Labute approximate surface area is 123 Å². The summed E-state index contributed by atoms with van der Waals surface area (Å²) in [5.41, 5.74) is 2.75. The van der Waals surface area contributed by atoms with E-state index in [4.69, 9.17) is 16.3 Å². The smallest absolute Gasteiger partial charge is 0.119 e. The molecule has 0 fully saturated rings. The number of hydrogen-bond donors (Lipinski definition) is 0. The van der Waals surface area contributed by atoms with Crippen molar-refractivity contribution >= 4 is 22.5 Å². The summed E-state index contributed by atoms with van der Waals surface area (Å²) in [5, 5.41) is 1.71. The monoisotopic (exact) mass is 282 g/mol. The third-order valence-electron chi connectivity index (χ3n) is 3.09. The van der Waals surface area contributed by atoms with Gasteiger partial charge in [0.2, 0.25) is 0 Å². The molecule has 20 heavy (non-hydrogen) atoms. The molecular formula is C17H13ClNO. The van der Waals surface area contributed by atoms with E-state index in [9.17, 15) is 0 Å². The van der Waals surface area contributed by atoms with Crippen molar-refractivity contribution in [3.8, 4) is 17.0 Å². The molecule has 0 N–H and O–H groups in total. The van der Waals surface area contributed by atoms with Crippen molar-refractivity contribution in [2.75, 3.05) is 6.61 Å². The Morgan fingerprint density at radius 2 is 1.80 bits per heavy atom. The number of ether oxygens (including phenoxy) is 1. The quantitative estimate of drug-likeness (QED) is 0.690. The number of para-hydroxylation sites is 1. The van der Waals surface area contributed by atoms with Crippen LogP contribution in [0.4, 0.5) is 0 Å². The maximum Gasteiger partial charge on any atom is 0.119 e. The molecule has 0 bridgehead atoms. The molecule has 3 rings (SSSR count). The molecule has 2 nitrogen and oxygen atoms in total. The van der Waals surface area contributed by atoms with E-state index < -0.39 is 0 Å². The summed E-state index contributed by atoms with van der Waals surface area (Å²) in [6, 6.07) is 17.6. The molecular weight excluding hydrogens is 270 g/mol. The first kappa shape index (κ1) is 12.9. The first-order valence-electron chi connectivity index (χ1n) is 6.36. The first-order valence-corrected chi connectivity index (χ1v) is 6.73. The summed E-state index contributed by atoms with van der Waals surface area (Å²) in [6.45, 7) is 4.08. The van der Waals surface area contributed by atoms with Gasteiger partial charge >= 0.3 is 0 Å². The number of hydrogen-bond acceptors (Lipinski definition) is 2. The maximum atomic E-state index is 6.19. The fourth-order valence-electron chi connectivity index (χ4n) is 2.11. The Bertz CT molecular complexity index is 738. The molecule has 0 saturated carbocycles. The van der Waals surface area contributed by atoms with Crippen molar-refractivity contribution in [3.05, 3.63) is 66.5 Å². The fourth-order valence-corrected chi connectivity index (χ4v) is 2.34. The molecule has 0 saturated heterocycles. The van der Waals surface area contributed by atoms with E-state index in [2.05, 4.69) is 11.9 Å². The van der Waals surface area contributed by atoms with Gasteiger partial charge in [-0.2, -0.15) is 0 Å². The van der Waals surface area contributed by atoms with E-state index >= 15 is 0 Å². The lowest BCUT2D eigenvalue weighted by molar-refractivity contribution is 0.361. The van der Waals surface area contributed by atoms with Crippen LogP contribution in [0.25, 0.3) is 22.2 Å². The van der Waals surface area contributed by atoms with Crippen molar-refractivity contribution in [2.24, 2.45) is 0 Å². The second-order valence-electron chi connectivity index (χ2n) is 4.38. The van der Waals surface area contributed by atoms with Crippen LogP contribution in [0.3, 0.4) is 0 Å². The highest BCUT2D eigenvalue weighted by Gasteiger charge is 2.04. The van der Waals surface area contributed by atoms with Crippen LogP contribution in [0.5, 0.6) is 5.75 Å². The third-order valence-corrected chi connectivity index (χ3v) is 3.39. The van der Waals surface area contributed by atoms with Crippen LogP contribution in [0.1, 0.15) is 0 Å². The third kappa shape index (κ3) is 2.47. The number of benzene rings is 2. The second kappa shape index (κ2) is 5.51. The summed E-state index contributed by atoms with van der Waals surface area (Å²) in [7, 11) is 0. The molecule has 0 unspecified atom stereocenters. The van der Waals surface area contributed by atoms with Crippen molar-refractivity contribution in [2.45, 2.75) is 0 Å². The SMILES string of the molecule is [CH2]COc1ccc(-c2ccc3cccc(Cl)c3n2)cc1. The molecule has 0 aliphatic carbocycles. The zero-order valence-electron chi connectivity index (χ0n) is 10.8. The number of aromatic nitrogens is 1. The predicted molar refractivity (Wildman–Crippen MR) is 83.0 cm³/mol. The van der Waals surface area contributed by atoms with Crippen molar-refractivity contribution in [3.63, 3.8) is 0 Å². The first-order chi connectivity index (χ1) is 9.78. The predicted octanol–water partition coefficient (Wildman–Crippen LogP) is 4.77. The minimum atomic E-state index is 0.420. The van der Waals surface area contributed by atoms with Crippen molar-refractivity contribution in [1.82, 2.24) is 4.98 Å². The molecule has 1 radical (unpaired) electrons. The number of pyridine rings is 1. The molecule has 99 valence electrons. The molecule has 0 amide bonds. The normalized spacial score (nSPS) is 10.7. The van der Waals surface area contributed by atoms with Gasteiger partial charge in [-0.25, -0.2) is 4.98 Å². The molecule has 0 aliphatic heterocycles.